The van der Waals surface area contributed by atoms with Crippen molar-refractivity contribution in [2.24, 2.45) is 11.7 Å². The first-order chi connectivity index (χ1) is 9.64. The molecule has 0 aromatic rings. The van der Waals surface area contributed by atoms with Gasteiger partial charge in [0.05, 0.1) is 12.3 Å². The molecule has 3 N–H and O–H groups in total. The van der Waals surface area contributed by atoms with E-state index in [0.717, 1.165) is 19.3 Å². The highest BCUT2D eigenvalue weighted by Gasteiger charge is 2.35. The third kappa shape index (κ3) is 5.92. The van der Waals surface area contributed by atoms with E-state index >= 15 is 0 Å². The zero-order valence-corrected chi connectivity index (χ0v) is 14.3. The van der Waals surface area contributed by atoms with Crippen LogP contribution in [0.2, 0.25) is 0 Å². The summed E-state index contributed by atoms with van der Waals surface area (Å²) in [4.78, 5) is 13.8. The molecule has 0 saturated heterocycles. The number of nitrogens with zero attached hydrogens (tertiary/aromatic N) is 1. The Hall–Kier alpha value is -0.660. The van der Waals surface area contributed by atoms with Gasteiger partial charge in [0, 0.05) is 24.4 Å². The molecule has 21 heavy (non-hydrogen) atoms. The number of carbonyl (C=O) groups is 1. The van der Waals surface area contributed by atoms with Crippen LogP contribution in [-0.4, -0.2) is 63.0 Å². The number of rotatable bonds is 6. The van der Waals surface area contributed by atoms with Gasteiger partial charge in [0.2, 0.25) is 5.91 Å². The van der Waals surface area contributed by atoms with Crippen molar-refractivity contribution in [3.8, 4) is 0 Å². The minimum absolute atomic E-state index is 0.0459. The number of hydrogen-bond donors (Lipinski definition) is 2. The molecule has 0 spiro atoms. The van der Waals surface area contributed by atoms with Gasteiger partial charge in [0.25, 0.3) is 0 Å². The maximum atomic E-state index is 11.7. The Balaban J connectivity index is 2.80. The first-order valence-electron chi connectivity index (χ1n) is 7.53. The molecule has 1 saturated carbocycles. The van der Waals surface area contributed by atoms with E-state index < -0.39 is 9.84 Å². The Labute approximate surface area is 128 Å². The zero-order chi connectivity index (χ0) is 16.2. The van der Waals surface area contributed by atoms with Gasteiger partial charge in [-0.3, -0.25) is 4.79 Å². The smallest absolute Gasteiger partial charge is 0.233 e. The van der Waals surface area contributed by atoms with E-state index in [9.17, 15) is 13.2 Å². The van der Waals surface area contributed by atoms with Gasteiger partial charge in [-0.2, -0.15) is 0 Å². The molecule has 0 aromatic carbocycles. The van der Waals surface area contributed by atoms with E-state index in [1.165, 1.54) is 6.26 Å². The lowest BCUT2D eigenvalue weighted by molar-refractivity contribution is -0.121. The van der Waals surface area contributed by atoms with Crippen LogP contribution in [0.25, 0.3) is 0 Å². The SMILES string of the molecule is CC(C)N(C)[C@@H]1CC[C@H](NC(=O)CN)[C@H](CS(C)(=O)=O)C1. The Morgan fingerprint density at radius 2 is 2.00 bits per heavy atom. The van der Waals surface area contributed by atoms with E-state index in [-0.39, 0.29) is 30.2 Å². The highest BCUT2D eigenvalue weighted by Crippen LogP contribution is 2.29. The molecule has 0 aliphatic heterocycles. The largest absolute Gasteiger partial charge is 0.352 e. The molecule has 1 rings (SSSR count). The topological polar surface area (TPSA) is 92.5 Å². The Morgan fingerprint density at radius 3 is 2.48 bits per heavy atom. The van der Waals surface area contributed by atoms with Crippen LogP contribution in [0.5, 0.6) is 0 Å². The minimum Gasteiger partial charge on any atom is -0.352 e. The number of nitrogens with two attached hydrogens (primary N) is 1. The van der Waals surface area contributed by atoms with Crippen molar-refractivity contribution < 1.29 is 13.2 Å². The second-order valence-corrected chi connectivity index (χ2v) is 8.64. The van der Waals surface area contributed by atoms with Gasteiger partial charge in [0.1, 0.15) is 9.84 Å². The molecule has 1 amide bonds. The normalized spacial score (nSPS) is 27.1. The first-order valence-corrected chi connectivity index (χ1v) is 9.59. The summed E-state index contributed by atoms with van der Waals surface area (Å²) in [6.07, 6.45) is 3.81. The highest BCUT2D eigenvalue weighted by molar-refractivity contribution is 7.90. The lowest BCUT2D eigenvalue weighted by Gasteiger charge is -2.41. The van der Waals surface area contributed by atoms with Gasteiger partial charge in [-0.1, -0.05) is 0 Å². The maximum absolute atomic E-state index is 11.7. The molecule has 0 aromatic heterocycles. The number of carbonyl (C=O) groups excluding carboxylic acids is 1. The van der Waals surface area contributed by atoms with Crippen LogP contribution in [-0.2, 0) is 14.6 Å². The summed E-state index contributed by atoms with van der Waals surface area (Å²) in [5.41, 5.74) is 5.34. The van der Waals surface area contributed by atoms with Gasteiger partial charge in [-0.15, -0.1) is 0 Å². The standard InChI is InChI=1S/C14H29N3O3S/c1-10(2)17(3)12-5-6-13(16-14(18)8-15)11(7-12)9-21(4,19)20/h10-13H,5-9,15H2,1-4H3,(H,16,18)/t11-,12+,13-/m0/s1. The Bertz CT molecular complexity index is 450. The van der Waals surface area contributed by atoms with E-state index in [0.29, 0.717) is 12.1 Å². The molecule has 0 unspecified atom stereocenters. The van der Waals surface area contributed by atoms with Crippen molar-refractivity contribution in [1.29, 1.82) is 0 Å². The molecule has 3 atom stereocenters. The lowest BCUT2D eigenvalue weighted by Crippen LogP contribution is -2.51. The summed E-state index contributed by atoms with van der Waals surface area (Å²) in [5, 5.41) is 2.88. The average molecular weight is 319 g/mol. The number of amides is 1. The molecule has 124 valence electrons. The van der Waals surface area contributed by atoms with Crippen LogP contribution in [0.15, 0.2) is 0 Å². The molecule has 6 nitrogen and oxygen atoms in total. The predicted molar refractivity (Wildman–Crippen MR) is 84.7 cm³/mol. The average Bonchev–Trinajstić information content (AvgIpc) is 2.37. The summed E-state index contributed by atoms with van der Waals surface area (Å²) < 4.78 is 23.3. The summed E-state index contributed by atoms with van der Waals surface area (Å²) in [6.45, 7) is 4.21. The molecule has 1 fully saturated rings. The van der Waals surface area contributed by atoms with Gasteiger partial charge < -0.3 is 16.0 Å². The second kappa shape index (κ2) is 7.56. The molecule has 0 heterocycles. The fourth-order valence-corrected chi connectivity index (χ4v) is 4.21. The van der Waals surface area contributed by atoms with Crippen molar-refractivity contribution in [2.45, 2.75) is 51.2 Å². The van der Waals surface area contributed by atoms with Crippen molar-refractivity contribution in [3.63, 3.8) is 0 Å². The molecule has 0 bridgehead atoms. The number of hydrogen-bond acceptors (Lipinski definition) is 5. The van der Waals surface area contributed by atoms with Crippen molar-refractivity contribution in [2.75, 3.05) is 25.6 Å². The van der Waals surface area contributed by atoms with E-state index in [4.69, 9.17) is 5.73 Å². The predicted octanol–water partition coefficient (Wildman–Crippen LogP) is -0.0166. The van der Waals surface area contributed by atoms with Gasteiger partial charge in [-0.05, 0) is 46.1 Å². The third-order valence-electron chi connectivity index (χ3n) is 4.39. The van der Waals surface area contributed by atoms with Crippen molar-refractivity contribution in [3.05, 3.63) is 0 Å². The number of nitrogens with one attached hydrogen (secondary N) is 1. The summed E-state index contributed by atoms with van der Waals surface area (Å²) in [6, 6.07) is 0.694. The van der Waals surface area contributed by atoms with E-state index in [2.05, 4.69) is 31.1 Å². The van der Waals surface area contributed by atoms with Crippen LogP contribution in [0.3, 0.4) is 0 Å². The van der Waals surface area contributed by atoms with Gasteiger partial charge in [0.15, 0.2) is 0 Å². The van der Waals surface area contributed by atoms with Crippen LogP contribution in [0.4, 0.5) is 0 Å². The van der Waals surface area contributed by atoms with E-state index in [1.54, 1.807) is 0 Å². The van der Waals surface area contributed by atoms with Crippen molar-refractivity contribution >= 4 is 15.7 Å². The van der Waals surface area contributed by atoms with Crippen LogP contribution in [0.1, 0.15) is 33.1 Å². The number of sulfone groups is 1. The summed E-state index contributed by atoms with van der Waals surface area (Å²) in [5.74, 6) is -0.144. The summed E-state index contributed by atoms with van der Waals surface area (Å²) >= 11 is 0. The van der Waals surface area contributed by atoms with Gasteiger partial charge >= 0.3 is 0 Å². The first kappa shape index (κ1) is 18.4. The Morgan fingerprint density at radius 1 is 1.38 bits per heavy atom. The minimum atomic E-state index is -3.07. The summed E-state index contributed by atoms with van der Waals surface area (Å²) in [7, 11) is -0.995. The lowest BCUT2D eigenvalue weighted by atomic mass is 9.81. The molecule has 1 aliphatic rings. The van der Waals surface area contributed by atoms with Crippen LogP contribution in [0, 0.1) is 5.92 Å². The molecule has 7 heteroatoms. The third-order valence-corrected chi connectivity index (χ3v) is 5.43. The van der Waals surface area contributed by atoms with E-state index in [1.807, 2.05) is 0 Å². The fraction of sp³-hybridized carbons (Fsp3) is 0.929. The highest BCUT2D eigenvalue weighted by atomic mass is 32.2. The quantitative estimate of drug-likeness (QED) is 0.718. The molecule has 0 radical (unpaired) electrons. The van der Waals surface area contributed by atoms with Crippen LogP contribution < -0.4 is 11.1 Å². The van der Waals surface area contributed by atoms with Crippen LogP contribution >= 0.6 is 0 Å². The van der Waals surface area contributed by atoms with Crippen molar-refractivity contribution in [1.82, 2.24) is 10.2 Å². The monoisotopic (exact) mass is 319 g/mol. The van der Waals surface area contributed by atoms with Gasteiger partial charge in [-0.25, -0.2) is 8.42 Å². The Kier molecular flexibility index (Phi) is 6.62. The molecular formula is C14H29N3O3S. The zero-order valence-electron chi connectivity index (χ0n) is 13.5. The maximum Gasteiger partial charge on any atom is 0.233 e. The molecular weight excluding hydrogens is 290 g/mol. The second-order valence-electron chi connectivity index (χ2n) is 6.46. The molecule has 1 aliphatic carbocycles. The fourth-order valence-electron chi connectivity index (χ4n) is 3.06.